The first kappa shape index (κ1) is 16.8. The van der Waals surface area contributed by atoms with Crippen molar-refractivity contribution < 1.29 is 15.0 Å². The highest BCUT2D eigenvalue weighted by Gasteiger charge is 2.35. The Labute approximate surface area is 146 Å². The van der Waals surface area contributed by atoms with Gasteiger partial charge in [-0.2, -0.15) is 0 Å². The van der Waals surface area contributed by atoms with Crippen LogP contribution in [0.25, 0.3) is 0 Å². The normalized spacial score (nSPS) is 23.7. The maximum Gasteiger partial charge on any atom is 0.253 e. The monoisotopic (exact) mass is 345 g/mol. The van der Waals surface area contributed by atoms with Crippen LogP contribution >= 0.6 is 11.6 Å². The number of phenolic OH excluding ortho intramolecular Hbond substituents is 1. The molecule has 1 aliphatic carbocycles. The zero-order valence-electron chi connectivity index (χ0n) is 13.2. The van der Waals surface area contributed by atoms with Crippen molar-refractivity contribution in [3.8, 4) is 5.75 Å². The smallest absolute Gasteiger partial charge is 0.253 e. The Bertz CT molecular complexity index is 725. The number of carbonyl (C=O) groups excluding carboxylic acids is 1. The van der Waals surface area contributed by atoms with Gasteiger partial charge in [-0.3, -0.25) is 4.79 Å². The number of phenols is 1. The van der Waals surface area contributed by atoms with E-state index in [-0.39, 0.29) is 23.3 Å². The Morgan fingerprint density at radius 3 is 2.46 bits per heavy atom. The average molecular weight is 346 g/mol. The van der Waals surface area contributed by atoms with E-state index >= 15 is 0 Å². The van der Waals surface area contributed by atoms with Crippen LogP contribution in [0.5, 0.6) is 5.75 Å². The van der Waals surface area contributed by atoms with Gasteiger partial charge in [0.25, 0.3) is 5.91 Å². The predicted molar refractivity (Wildman–Crippen MR) is 93.2 cm³/mol. The van der Waals surface area contributed by atoms with E-state index in [2.05, 4.69) is 5.32 Å². The molecule has 1 amide bonds. The number of rotatable bonds is 3. The van der Waals surface area contributed by atoms with Crippen LogP contribution in [0.2, 0.25) is 5.02 Å². The van der Waals surface area contributed by atoms with Crippen molar-refractivity contribution in [3.05, 3.63) is 64.7 Å². The fourth-order valence-electron chi connectivity index (χ4n) is 3.23. The van der Waals surface area contributed by atoms with Crippen molar-refractivity contribution in [3.63, 3.8) is 0 Å². The summed E-state index contributed by atoms with van der Waals surface area (Å²) < 4.78 is 0. The molecule has 0 heterocycles. The number of hydrogen-bond donors (Lipinski definition) is 3. The molecule has 0 unspecified atom stereocenters. The highest BCUT2D eigenvalue weighted by Crippen LogP contribution is 2.37. The number of nitrogens with one attached hydrogen (secondary N) is 1. The van der Waals surface area contributed by atoms with Crippen molar-refractivity contribution in [2.75, 3.05) is 0 Å². The van der Waals surface area contributed by atoms with E-state index < -0.39 is 5.60 Å². The molecule has 126 valence electrons. The predicted octanol–water partition coefficient (Wildman–Crippen LogP) is 3.61. The second-order valence-corrected chi connectivity index (χ2v) is 6.72. The first-order chi connectivity index (χ1) is 11.5. The van der Waals surface area contributed by atoms with Gasteiger partial charge >= 0.3 is 0 Å². The van der Waals surface area contributed by atoms with Crippen molar-refractivity contribution >= 4 is 17.5 Å². The van der Waals surface area contributed by atoms with Crippen LogP contribution in [0.15, 0.2) is 48.5 Å². The van der Waals surface area contributed by atoms with Crippen LogP contribution in [0.3, 0.4) is 0 Å². The zero-order valence-corrected chi connectivity index (χ0v) is 14.0. The van der Waals surface area contributed by atoms with Gasteiger partial charge in [-0.05, 0) is 49.4 Å². The fraction of sp³-hybridized carbons (Fsp3) is 0.316. The molecule has 1 saturated carbocycles. The quantitative estimate of drug-likeness (QED) is 0.796. The lowest BCUT2D eigenvalue weighted by Crippen LogP contribution is -2.42. The molecule has 0 atom stereocenters. The molecule has 1 fully saturated rings. The van der Waals surface area contributed by atoms with Gasteiger partial charge in [-0.15, -0.1) is 0 Å². The summed E-state index contributed by atoms with van der Waals surface area (Å²) in [5.74, 6) is -0.294. The summed E-state index contributed by atoms with van der Waals surface area (Å²) in [5, 5.41) is 23.6. The minimum absolute atomic E-state index is 0.00615. The molecule has 2 aromatic carbocycles. The van der Waals surface area contributed by atoms with Crippen molar-refractivity contribution in [2.45, 2.75) is 37.3 Å². The maximum absolute atomic E-state index is 12.3. The van der Waals surface area contributed by atoms with Crippen LogP contribution < -0.4 is 5.32 Å². The molecule has 0 radical (unpaired) electrons. The highest BCUT2D eigenvalue weighted by atomic mass is 35.5. The summed E-state index contributed by atoms with van der Waals surface area (Å²) in [6.45, 7) is 0. The van der Waals surface area contributed by atoms with Gasteiger partial charge in [-0.1, -0.05) is 41.9 Å². The van der Waals surface area contributed by atoms with Gasteiger partial charge in [0.2, 0.25) is 0 Å². The molecule has 0 spiro atoms. The van der Waals surface area contributed by atoms with Crippen LogP contribution in [0, 0.1) is 0 Å². The second kappa shape index (κ2) is 6.83. The fourth-order valence-corrected chi connectivity index (χ4v) is 3.43. The third kappa shape index (κ3) is 3.55. The minimum atomic E-state index is -0.828. The van der Waals surface area contributed by atoms with Gasteiger partial charge in [0.1, 0.15) is 5.75 Å². The lowest BCUT2D eigenvalue weighted by Gasteiger charge is -2.36. The van der Waals surface area contributed by atoms with Gasteiger partial charge in [0, 0.05) is 6.04 Å². The van der Waals surface area contributed by atoms with Crippen LogP contribution in [-0.2, 0) is 5.60 Å². The molecule has 3 rings (SSSR count). The average Bonchev–Trinajstić information content (AvgIpc) is 2.60. The van der Waals surface area contributed by atoms with E-state index in [4.69, 9.17) is 11.6 Å². The van der Waals surface area contributed by atoms with E-state index in [0.717, 1.165) is 5.56 Å². The number of benzene rings is 2. The van der Waals surface area contributed by atoms with E-state index in [1.54, 1.807) is 0 Å². The number of halogens is 1. The third-order valence-corrected chi connectivity index (χ3v) is 4.98. The third-order valence-electron chi connectivity index (χ3n) is 4.65. The molecule has 0 aliphatic heterocycles. The zero-order chi connectivity index (χ0) is 17.2. The molecule has 5 heteroatoms. The van der Waals surface area contributed by atoms with Gasteiger partial charge in [-0.25, -0.2) is 0 Å². The Morgan fingerprint density at radius 1 is 1.12 bits per heavy atom. The number of hydrogen-bond acceptors (Lipinski definition) is 3. The number of aromatic hydroxyl groups is 1. The van der Waals surface area contributed by atoms with Gasteiger partial charge < -0.3 is 15.5 Å². The van der Waals surface area contributed by atoms with Crippen molar-refractivity contribution in [2.24, 2.45) is 0 Å². The summed E-state index contributed by atoms with van der Waals surface area (Å²) in [6, 6.07) is 13.9. The lowest BCUT2D eigenvalue weighted by atomic mass is 9.78. The van der Waals surface area contributed by atoms with E-state index in [9.17, 15) is 15.0 Å². The Hall–Kier alpha value is -2.04. The molecule has 1 aliphatic rings. The maximum atomic E-state index is 12.3. The van der Waals surface area contributed by atoms with E-state index in [0.29, 0.717) is 30.7 Å². The largest absolute Gasteiger partial charge is 0.508 e. The van der Waals surface area contributed by atoms with Gasteiger partial charge in [0.15, 0.2) is 0 Å². The standard InChI is InChI=1S/C19H20ClNO3/c20-17-7-6-15(22)12-16(17)18(23)21-14-8-10-19(24,11-9-14)13-4-2-1-3-5-13/h1-7,12,14,22,24H,8-11H2,(H,21,23). The highest BCUT2D eigenvalue weighted by molar-refractivity contribution is 6.33. The Kier molecular flexibility index (Phi) is 4.78. The van der Waals surface area contributed by atoms with Crippen molar-refractivity contribution in [1.82, 2.24) is 5.32 Å². The SMILES string of the molecule is O=C(NC1CCC(O)(c2ccccc2)CC1)c1cc(O)ccc1Cl. The lowest BCUT2D eigenvalue weighted by molar-refractivity contribution is -0.00803. The first-order valence-corrected chi connectivity index (χ1v) is 8.43. The molecular weight excluding hydrogens is 326 g/mol. The number of amides is 1. The molecule has 2 aromatic rings. The molecule has 0 bridgehead atoms. The summed E-state index contributed by atoms with van der Waals surface area (Å²) in [4.78, 5) is 12.3. The van der Waals surface area contributed by atoms with Crippen molar-refractivity contribution in [1.29, 1.82) is 0 Å². The summed E-state index contributed by atoms with van der Waals surface area (Å²) in [7, 11) is 0. The molecular formula is C19H20ClNO3. The molecule has 4 nitrogen and oxygen atoms in total. The Morgan fingerprint density at radius 2 is 1.79 bits per heavy atom. The topological polar surface area (TPSA) is 69.6 Å². The first-order valence-electron chi connectivity index (χ1n) is 8.05. The second-order valence-electron chi connectivity index (χ2n) is 6.31. The van der Waals surface area contributed by atoms with Gasteiger partial charge in [0.05, 0.1) is 16.2 Å². The minimum Gasteiger partial charge on any atom is -0.508 e. The molecule has 0 saturated heterocycles. The number of aliphatic hydroxyl groups is 1. The van der Waals surface area contributed by atoms with Crippen LogP contribution in [0.1, 0.15) is 41.6 Å². The molecule has 24 heavy (non-hydrogen) atoms. The molecule has 3 N–H and O–H groups in total. The van der Waals surface area contributed by atoms with Crippen LogP contribution in [0.4, 0.5) is 0 Å². The Balaban J connectivity index is 1.63. The molecule has 0 aromatic heterocycles. The summed E-state index contributed by atoms with van der Waals surface area (Å²) in [5.41, 5.74) is 0.358. The summed E-state index contributed by atoms with van der Waals surface area (Å²) in [6.07, 6.45) is 2.56. The van der Waals surface area contributed by atoms with Crippen LogP contribution in [-0.4, -0.2) is 22.2 Å². The number of carbonyl (C=O) groups is 1. The van der Waals surface area contributed by atoms with E-state index in [1.165, 1.54) is 18.2 Å². The van der Waals surface area contributed by atoms with E-state index in [1.807, 2.05) is 30.3 Å². The summed E-state index contributed by atoms with van der Waals surface area (Å²) >= 11 is 6.02.